The molecule has 1 fully saturated rings. The SMILES string of the molecule is COc1ccc2c(c1)CN(C(=O)CN1CCC(COc3ccc(Cl)c(Cl)c3)(OC)CC1)CC2. The van der Waals surface area contributed by atoms with Crippen LogP contribution in [0.5, 0.6) is 11.5 Å². The van der Waals surface area contributed by atoms with E-state index in [2.05, 4.69) is 11.0 Å². The third-order valence-corrected chi connectivity index (χ3v) is 7.47. The lowest BCUT2D eigenvalue weighted by atomic mass is 9.92. The predicted octanol–water partition coefficient (Wildman–Crippen LogP) is 4.45. The van der Waals surface area contributed by atoms with E-state index in [1.54, 1.807) is 32.4 Å². The highest BCUT2D eigenvalue weighted by atomic mass is 35.5. The molecule has 0 unspecified atom stereocenters. The molecule has 6 nitrogen and oxygen atoms in total. The summed E-state index contributed by atoms with van der Waals surface area (Å²) in [5.41, 5.74) is 2.09. The van der Waals surface area contributed by atoms with Crippen LogP contribution in [0.2, 0.25) is 10.0 Å². The minimum atomic E-state index is -0.383. The molecule has 0 radical (unpaired) electrons. The monoisotopic (exact) mass is 492 g/mol. The van der Waals surface area contributed by atoms with Crippen LogP contribution >= 0.6 is 23.2 Å². The van der Waals surface area contributed by atoms with Crippen LogP contribution in [-0.4, -0.2) is 68.3 Å². The number of piperidine rings is 1. The summed E-state index contributed by atoms with van der Waals surface area (Å²) < 4.78 is 17.2. The number of amides is 1. The number of halogens is 2. The lowest BCUT2D eigenvalue weighted by molar-refractivity contribution is -0.135. The largest absolute Gasteiger partial charge is 0.497 e. The number of fused-ring (bicyclic) bond motifs is 1. The topological polar surface area (TPSA) is 51.2 Å². The fourth-order valence-corrected chi connectivity index (χ4v) is 4.76. The van der Waals surface area contributed by atoms with Gasteiger partial charge in [-0.05, 0) is 54.7 Å². The maximum Gasteiger partial charge on any atom is 0.237 e. The van der Waals surface area contributed by atoms with E-state index >= 15 is 0 Å². The molecule has 0 atom stereocenters. The van der Waals surface area contributed by atoms with Crippen LogP contribution in [0, 0.1) is 0 Å². The number of hydrogen-bond donors (Lipinski definition) is 0. The minimum absolute atomic E-state index is 0.167. The molecule has 2 aromatic carbocycles. The Morgan fingerprint density at radius 3 is 2.42 bits per heavy atom. The second-order valence-corrected chi connectivity index (χ2v) is 9.54. The summed E-state index contributed by atoms with van der Waals surface area (Å²) in [7, 11) is 3.39. The van der Waals surface area contributed by atoms with E-state index in [0.717, 1.165) is 44.6 Å². The lowest BCUT2D eigenvalue weighted by Gasteiger charge is -2.41. The Labute approximate surface area is 205 Å². The molecule has 0 saturated carbocycles. The van der Waals surface area contributed by atoms with Gasteiger partial charge in [0.2, 0.25) is 5.91 Å². The zero-order valence-corrected chi connectivity index (χ0v) is 20.6. The second kappa shape index (κ2) is 10.5. The highest BCUT2D eigenvalue weighted by Crippen LogP contribution is 2.30. The van der Waals surface area contributed by atoms with Gasteiger partial charge in [-0.1, -0.05) is 29.3 Å². The molecule has 178 valence electrons. The van der Waals surface area contributed by atoms with Gasteiger partial charge in [0.1, 0.15) is 23.7 Å². The van der Waals surface area contributed by atoms with Crippen molar-refractivity contribution < 1.29 is 19.0 Å². The Bertz CT molecular complexity index is 992. The van der Waals surface area contributed by atoms with Crippen LogP contribution in [0.1, 0.15) is 24.0 Å². The molecule has 4 rings (SSSR count). The van der Waals surface area contributed by atoms with E-state index in [0.29, 0.717) is 35.5 Å². The molecule has 2 heterocycles. The number of likely N-dealkylation sites (tertiary alicyclic amines) is 1. The number of nitrogens with zero attached hydrogens (tertiary/aromatic N) is 2. The van der Waals surface area contributed by atoms with Gasteiger partial charge >= 0.3 is 0 Å². The Morgan fingerprint density at radius 2 is 1.73 bits per heavy atom. The first-order valence-electron chi connectivity index (χ1n) is 11.2. The second-order valence-electron chi connectivity index (χ2n) is 8.73. The van der Waals surface area contributed by atoms with E-state index < -0.39 is 0 Å². The van der Waals surface area contributed by atoms with Gasteiger partial charge in [-0.3, -0.25) is 9.69 Å². The fraction of sp³-hybridized carbons (Fsp3) is 0.480. The van der Waals surface area contributed by atoms with Crippen molar-refractivity contribution >= 4 is 29.1 Å². The number of carbonyl (C=O) groups excluding carboxylic acids is 1. The third kappa shape index (κ3) is 5.75. The Kier molecular flexibility index (Phi) is 7.69. The first-order chi connectivity index (χ1) is 15.9. The lowest BCUT2D eigenvalue weighted by Crippen LogP contribution is -2.51. The van der Waals surface area contributed by atoms with E-state index in [4.69, 9.17) is 37.4 Å². The molecule has 2 aliphatic heterocycles. The summed E-state index contributed by atoms with van der Waals surface area (Å²) in [6.45, 7) is 3.80. The Hall–Kier alpha value is -1.99. The van der Waals surface area contributed by atoms with E-state index in [9.17, 15) is 4.79 Å². The zero-order chi connectivity index (χ0) is 23.4. The number of benzene rings is 2. The molecule has 0 aromatic heterocycles. The Morgan fingerprint density at radius 1 is 0.970 bits per heavy atom. The molecular weight excluding hydrogens is 463 g/mol. The first-order valence-corrected chi connectivity index (χ1v) is 12.0. The molecule has 1 saturated heterocycles. The summed E-state index contributed by atoms with van der Waals surface area (Å²) in [6.07, 6.45) is 2.46. The standard InChI is InChI=1S/C25H30Cl2N2O4/c1-31-20-4-3-18-7-10-29(15-19(18)13-20)24(30)16-28-11-8-25(32-2,9-12-28)17-33-21-5-6-22(26)23(27)14-21/h3-6,13-14H,7-12,15-17H2,1-2H3. The molecule has 0 spiro atoms. The van der Waals surface area contributed by atoms with Crippen molar-refractivity contribution in [2.75, 3.05) is 47.0 Å². The van der Waals surface area contributed by atoms with Gasteiger partial charge in [-0.25, -0.2) is 0 Å². The Balaban J connectivity index is 1.29. The highest BCUT2D eigenvalue weighted by Gasteiger charge is 2.36. The number of carbonyl (C=O) groups is 1. The van der Waals surface area contributed by atoms with E-state index in [1.165, 1.54) is 11.1 Å². The molecule has 2 aromatic rings. The van der Waals surface area contributed by atoms with Gasteiger partial charge in [-0.2, -0.15) is 0 Å². The normalized spacial score (nSPS) is 18.0. The molecule has 8 heteroatoms. The highest BCUT2D eigenvalue weighted by molar-refractivity contribution is 6.42. The van der Waals surface area contributed by atoms with Crippen LogP contribution in [0.25, 0.3) is 0 Å². The van der Waals surface area contributed by atoms with Gasteiger partial charge in [-0.15, -0.1) is 0 Å². The molecule has 2 aliphatic rings. The summed E-state index contributed by atoms with van der Waals surface area (Å²) in [6, 6.07) is 11.4. The smallest absolute Gasteiger partial charge is 0.237 e. The minimum Gasteiger partial charge on any atom is -0.497 e. The predicted molar refractivity (Wildman–Crippen MR) is 129 cm³/mol. The van der Waals surface area contributed by atoms with Crippen molar-refractivity contribution in [1.82, 2.24) is 9.80 Å². The molecule has 0 aliphatic carbocycles. The van der Waals surface area contributed by atoms with Crippen molar-refractivity contribution in [3.63, 3.8) is 0 Å². The van der Waals surface area contributed by atoms with Crippen molar-refractivity contribution in [2.24, 2.45) is 0 Å². The molecule has 33 heavy (non-hydrogen) atoms. The average Bonchev–Trinajstić information content (AvgIpc) is 2.85. The van der Waals surface area contributed by atoms with Gasteiger partial charge in [0, 0.05) is 39.4 Å². The maximum absolute atomic E-state index is 13.0. The van der Waals surface area contributed by atoms with Crippen LogP contribution in [0.15, 0.2) is 36.4 Å². The van der Waals surface area contributed by atoms with Crippen molar-refractivity contribution in [3.8, 4) is 11.5 Å². The van der Waals surface area contributed by atoms with Crippen LogP contribution in [0.3, 0.4) is 0 Å². The van der Waals surface area contributed by atoms with Crippen LogP contribution in [-0.2, 0) is 22.5 Å². The maximum atomic E-state index is 13.0. The van der Waals surface area contributed by atoms with Crippen LogP contribution in [0.4, 0.5) is 0 Å². The van der Waals surface area contributed by atoms with Crippen molar-refractivity contribution in [3.05, 3.63) is 57.6 Å². The average molecular weight is 493 g/mol. The van der Waals surface area contributed by atoms with Gasteiger partial charge in [0.15, 0.2) is 0 Å². The van der Waals surface area contributed by atoms with E-state index in [-0.39, 0.29) is 11.5 Å². The molecule has 0 N–H and O–H groups in total. The summed E-state index contributed by atoms with van der Waals surface area (Å²) >= 11 is 12.1. The number of ether oxygens (including phenoxy) is 3. The van der Waals surface area contributed by atoms with Crippen LogP contribution < -0.4 is 9.47 Å². The van der Waals surface area contributed by atoms with Gasteiger partial charge in [0.25, 0.3) is 0 Å². The van der Waals surface area contributed by atoms with Crippen molar-refractivity contribution in [2.45, 2.75) is 31.4 Å². The third-order valence-electron chi connectivity index (χ3n) is 6.73. The van der Waals surface area contributed by atoms with E-state index in [1.807, 2.05) is 17.0 Å². The number of hydrogen-bond acceptors (Lipinski definition) is 5. The number of methoxy groups -OCH3 is 2. The van der Waals surface area contributed by atoms with Gasteiger partial charge in [0.05, 0.1) is 23.7 Å². The fourth-order valence-electron chi connectivity index (χ4n) is 4.47. The van der Waals surface area contributed by atoms with Gasteiger partial charge < -0.3 is 19.1 Å². The first kappa shape index (κ1) is 24.1. The quantitative estimate of drug-likeness (QED) is 0.571. The zero-order valence-electron chi connectivity index (χ0n) is 19.1. The van der Waals surface area contributed by atoms with Crippen molar-refractivity contribution in [1.29, 1.82) is 0 Å². The summed E-state index contributed by atoms with van der Waals surface area (Å²) in [5, 5.41) is 0.965. The summed E-state index contributed by atoms with van der Waals surface area (Å²) in [4.78, 5) is 17.2. The molecular formula is C25H30Cl2N2O4. The summed E-state index contributed by atoms with van der Waals surface area (Å²) in [5.74, 6) is 1.67. The number of rotatable bonds is 7. The molecule has 0 bridgehead atoms. The molecule has 1 amide bonds.